The Labute approximate surface area is 87.6 Å². The van der Waals surface area contributed by atoms with Gasteiger partial charge in [0, 0.05) is 26.2 Å². The van der Waals surface area contributed by atoms with E-state index in [0.717, 1.165) is 19.0 Å². The van der Waals surface area contributed by atoms with Gasteiger partial charge in [-0.25, -0.2) is 0 Å². The first-order valence-electron chi connectivity index (χ1n) is 5.69. The number of hydrogen-bond acceptors (Lipinski definition) is 3. The molecule has 0 aromatic heterocycles. The van der Waals surface area contributed by atoms with E-state index in [2.05, 4.69) is 24.5 Å². The van der Waals surface area contributed by atoms with Gasteiger partial charge in [0.05, 0.1) is 6.10 Å². The zero-order chi connectivity index (χ0) is 10.4. The summed E-state index contributed by atoms with van der Waals surface area (Å²) in [7, 11) is 1.76. The molecule has 1 heterocycles. The molecular formula is C11H24N2O. The molecule has 2 N–H and O–H groups in total. The number of hydrogen-bond donors (Lipinski definition) is 2. The van der Waals surface area contributed by atoms with E-state index in [1.165, 1.54) is 19.4 Å². The Morgan fingerprint density at radius 1 is 1.57 bits per heavy atom. The molecule has 0 saturated carbocycles. The van der Waals surface area contributed by atoms with Crippen LogP contribution in [0.1, 0.15) is 26.7 Å². The van der Waals surface area contributed by atoms with Gasteiger partial charge in [-0.15, -0.1) is 0 Å². The second-order valence-corrected chi connectivity index (χ2v) is 4.49. The average molecular weight is 200 g/mol. The molecule has 0 aromatic carbocycles. The number of piperidine rings is 1. The summed E-state index contributed by atoms with van der Waals surface area (Å²) in [5.41, 5.74) is 0. The fourth-order valence-corrected chi connectivity index (χ4v) is 1.92. The Bertz CT molecular complexity index is 152. The number of rotatable bonds is 5. The molecule has 1 saturated heterocycles. The zero-order valence-electron chi connectivity index (χ0n) is 9.68. The number of nitrogens with one attached hydrogen (secondary N) is 2. The third-order valence-corrected chi connectivity index (χ3v) is 2.98. The third-order valence-electron chi connectivity index (χ3n) is 2.98. The zero-order valence-corrected chi connectivity index (χ0v) is 9.68. The van der Waals surface area contributed by atoms with Crippen LogP contribution in [0, 0.1) is 5.92 Å². The van der Waals surface area contributed by atoms with Crippen LogP contribution in [0.2, 0.25) is 0 Å². The van der Waals surface area contributed by atoms with Gasteiger partial charge < -0.3 is 15.4 Å². The molecule has 0 amide bonds. The summed E-state index contributed by atoms with van der Waals surface area (Å²) in [5.74, 6) is 0.878. The molecule has 3 atom stereocenters. The van der Waals surface area contributed by atoms with E-state index in [1.54, 1.807) is 7.11 Å². The van der Waals surface area contributed by atoms with Gasteiger partial charge in [0.2, 0.25) is 0 Å². The lowest BCUT2D eigenvalue weighted by Gasteiger charge is -2.28. The molecule has 84 valence electrons. The molecule has 3 heteroatoms. The van der Waals surface area contributed by atoms with Crippen molar-refractivity contribution in [3.63, 3.8) is 0 Å². The Morgan fingerprint density at radius 3 is 3.00 bits per heavy atom. The standard InChI is InChI=1S/C11H24N2O/c1-9-4-5-13-11(6-9)8-12-7-10(2)14-3/h9-13H,4-8H2,1-3H3. The fraction of sp³-hybridized carbons (Fsp3) is 1.00. The topological polar surface area (TPSA) is 33.3 Å². The maximum absolute atomic E-state index is 5.18. The minimum absolute atomic E-state index is 0.316. The van der Waals surface area contributed by atoms with E-state index < -0.39 is 0 Å². The average Bonchev–Trinajstić information content (AvgIpc) is 2.17. The van der Waals surface area contributed by atoms with Gasteiger partial charge in [0.15, 0.2) is 0 Å². The summed E-state index contributed by atoms with van der Waals surface area (Å²) in [6.45, 7) is 7.62. The van der Waals surface area contributed by atoms with Crippen LogP contribution in [0.15, 0.2) is 0 Å². The van der Waals surface area contributed by atoms with Crippen LogP contribution in [-0.2, 0) is 4.74 Å². The quantitative estimate of drug-likeness (QED) is 0.694. The summed E-state index contributed by atoms with van der Waals surface area (Å²) in [4.78, 5) is 0. The van der Waals surface area contributed by atoms with Gasteiger partial charge in [-0.3, -0.25) is 0 Å². The molecular weight excluding hydrogens is 176 g/mol. The van der Waals surface area contributed by atoms with E-state index in [0.29, 0.717) is 12.1 Å². The highest BCUT2D eigenvalue weighted by Gasteiger charge is 2.17. The normalized spacial score (nSPS) is 30.2. The van der Waals surface area contributed by atoms with Crippen molar-refractivity contribution in [3.8, 4) is 0 Å². The summed E-state index contributed by atoms with van der Waals surface area (Å²) in [6.07, 6.45) is 2.94. The molecule has 14 heavy (non-hydrogen) atoms. The Balaban J connectivity index is 2.05. The molecule has 0 spiro atoms. The first-order chi connectivity index (χ1) is 6.72. The maximum atomic E-state index is 5.18. The summed E-state index contributed by atoms with van der Waals surface area (Å²) < 4.78 is 5.18. The predicted molar refractivity (Wildman–Crippen MR) is 59.5 cm³/mol. The summed E-state index contributed by atoms with van der Waals surface area (Å²) in [6, 6.07) is 0.655. The smallest absolute Gasteiger partial charge is 0.0667 e. The van der Waals surface area contributed by atoms with Crippen LogP contribution < -0.4 is 10.6 Å². The van der Waals surface area contributed by atoms with Gasteiger partial charge in [-0.05, 0) is 32.2 Å². The van der Waals surface area contributed by atoms with Gasteiger partial charge in [0.25, 0.3) is 0 Å². The first kappa shape index (κ1) is 12.0. The molecule has 3 nitrogen and oxygen atoms in total. The highest BCUT2D eigenvalue weighted by molar-refractivity contribution is 4.78. The van der Waals surface area contributed by atoms with Crippen molar-refractivity contribution in [2.24, 2.45) is 5.92 Å². The second kappa shape index (κ2) is 6.38. The van der Waals surface area contributed by atoms with Crippen molar-refractivity contribution in [2.75, 3.05) is 26.7 Å². The van der Waals surface area contributed by atoms with E-state index in [4.69, 9.17) is 4.74 Å². The van der Waals surface area contributed by atoms with Crippen LogP contribution in [0.3, 0.4) is 0 Å². The lowest BCUT2D eigenvalue weighted by molar-refractivity contribution is 0.116. The second-order valence-electron chi connectivity index (χ2n) is 4.49. The first-order valence-corrected chi connectivity index (χ1v) is 5.69. The minimum atomic E-state index is 0.316. The van der Waals surface area contributed by atoms with Crippen LogP contribution in [0.25, 0.3) is 0 Å². The van der Waals surface area contributed by atoms with Crippen molar-refractivity contribution in [2.45, 2.75) is 38.8 Å². The Kier molecular flexibility index (Phi) is 5.45. The van der Waals surface area contributed by atoms with Crippen molar-refractivity contribution >= 4 is 0 Å². The number of methoxy groups -OCH3 is 1. The number of ether oxygens (including phenoxy) is 1. The fourth-order valence-electron chi connectivity index (χ4n) is 1.92. The molecule has 0 bridgehead atoms. The lowest BCUT2D eigenvalue weighted by Crippen LogP contribution is -2.45. The van der Waals surface area contributed by atoms with E-state index in [9.17, 15) is 0 Å². The predicted octanol–water partition coefficient (Wildman–Crippen LogP) is 0.999. The third kappa shape index (κ3) is 4.40. The molecule has 0 aromatic rings. The van der Waals surface area contributed by atoms with Gasteiger partial charge in [-0.2, -0.15) is 0 Å². The van der Waals surface area contributed by atoms with Gasteiger partial charge in [0.1, 0.15) is 0 Å². The lowest BCUT2D eigenvalue weighted by atomic mass is 9.94. The molecule has 3 unspecified atom stereocenters. The monoisotopic (exact) mass is 200 g/mol. The molecule has 0 radical (unpaired) electrons. The molecule has 1 aliphatic heterocycles. The van der Waals surface area contributed by atoms with Gasteiger partial charge in [-0.1, -0.05) is 6.92 Å². The maximum Gasteiger partial charge on any atom is 0.0667 e. The van der Waals surface area contributed by atoms with Crippen LogP contribution in [0.4, 0.5) is 0 Å². The van der Waals surface area contributed by atoms with Crippen molar-refractivity contribution in [1.82, 2.24) is 10.6 Å². The summed E-state index contributed by atoms with van der Waals surface area (Å²) >= 11 is 0. The largest absolute Gasteiger partial charge is 0.380 e. The molecule has 0 aliphatic carbocycles. The highest BCUT2D eigenvalue weighted by Crippen LogP contribution is 2.14. The SMILES string of the molecule is COC(C)CNCC1CC(C)CCN1. The van der Waals surface area contributed by atoms with Crippen molar-refractivity contribution in [1.29, 1.82) is 0 Å². The Morgan fingerprint density at radius 2 is 2.36 bits per heavy atom. The molecule has 1 fully saturated rings. The van der Waals surface area contributed by atoms with Crippen LogP contribution >= 0.6 is 0 Å². The summed E-state index contributed by atoms with van der Waals surface area (Å²) in [5, 5.41) is 6.98. The Hall–Kier alpha value is -0.120. The van der Waals surface area contributed by atoms with Crippen LogP contribution in [0.5, 0.6) is 0 Å². The van der Waals surface area contributed by atoms with Gasteiger partial charge >= 0.3 is 0 Å². The van der Waals surface area contributed by atoms with E-state index in [-0.39, 0.29) is 0 Å². The van der Waals surface area contributed by atoms with E-state index >= 15 is 0 Å². The van der Waals surface area contributed by atoms with Crippen molar-refractivity contribution < 1.29 is 4.74 Å². The van der Waals surface area contributed by atoms with Crippen LogP contribution in [-0.4, -0.2) is 38.9 Å². The van der Waals surface area contributed by atoms with E-state index in [1.807, 2.05) is 0 Å². The highest BCUT2D eigenvalue weighted by atomic mass is 16.5. The van der Waals surface area contributed by atoms with Crippen molar-refractivity contribution in [3.05, 3.63) is 0 Å². The molecule has 1 aliphatic rings. The molecule has 1 rings (SSSR count). The minimum Gasteiger partial charge on any atom is -0.380 e.